The molecule has 0 aliphatic carbocycles. The van der Waals surface area contributed by atoms with Crippen LogP contribution in [0.4, 0.5) is 0 Å². The lowest BCUT2D eigenvalue weighted by atomic mass is 9.99. The van der Waals surface area contributed by atoms with Crippen LogP contribution >= 0.6 is 27.3 Å². The normalized spacial score (nSPS) is 11.3. The van der Waals surface area contributed by atoms with Crippen LogP contribution in [0.1, 0.15) is 0 Å². The van der Waals surface area contributed by atoms with Gasteiger partial charge in [0.05, 0.1) is 0 Å². The minimum absolute atomic E-state index is 1.13. The highest BCUT2D eigenvalue weighted by Crippen LogP contribution is 2.42. The number of hydrogen-bond donors (Lipinski definition) is 0. The average molecular weight is 415 g/mol. The fourth-order valence-electron chi connectivity index (χ4n) is 3.50. The van der Waals surface area contributed by atoms with Crippen LogP contribution in [0.3, 0.4) is 0 Å². The Morgan fingerprint density at radius 3 is 2.19 bits per heavy atom. The maximum Gasteiger partial charge on any atom is 0.0434 e. The molecule has 1 heterocycles. The molecule has 0 saturated carbocycles. The molecule has 0 fully saturated rings. The molecule has 5 aromatic rings. The Morgan fingerprint density at radius 2 is 1.35 bits per heavy atom. The molecule has 2 heteroatoms. The van der Waals surface area contributed by atoms with Gasteiger partial charge in [-0.2, -0.15) is 0 Å². The Balaban J connectivity index is 1.71. The number of halogens is 1. The van der Waals surface area contributed by atoms with Crippen molar-refractivity contribution in [3.05, 3.63) is 95.5 Å². The molecule has 0 N–H and O–H groups in total. The second-order valence-electron chi connectivity index (χ2n) is 6.34. The van der Waals surface area contributed by atoms with Gasteiger partial charge < -0.3 is 0 Å². The van der Waals surface area contributed by atoms with E-state index in [0.717, 1.165) is 4.47 Å². The van der Waals surface area contributed by atoms with E-state index in [0.29, 0.717) is 0 Å². The van der Waals surface area contributed by atoms with E-state index in [-0.39, 0.29) is 0 Å². The summed E-state index contributed by atoms with van der Waals surface area (Å²) in [5, 5.41) is 2.67. The third-order valence-electron chi connectivity index (χ3n) is 4.77. The van der Waals surface area contributed by atoms with Crippen LogP contribution in [-0.2, 0) is 0 Å². The van der Waals surface area contributed by atoms with Crippen molar-refractivity contribution in [2.75, 3.05) is 0 Å². The van der Waals surface area contributed by atoms with Crippen molar-refractivity contribution in [2.24, 2.45) is 0 Å². The first-order valence-electron chi connectivity index (χ1n) is 8.57. The van der Waals surface area contributed by atoms with Crippen LogP contribution in [-0.4, -0.2) is 0 Å². The predicted octanol–water partition coefficient (Wildman–Crippen LogP) is 8.15. The Morgan fingerprint density at radius 1 is 0.577 bits per heavy atom. The van der Waals surface area contributed by atoms with E-state index in [1.54, 1.807) is 0 Å². The lowest BCUT2D eigenvalue weighted by molar-refractivity contribution is 1.58. The van der Waals surface area contributed by atoms with E-state index in [1.165, 1.54) is 42.4 Å². The molecule has 4 aromatic carbocycles. The Bertz CT molecular complexity index is 1240. The molecule has 0 amide bonds. The predicted molar refractivity (Wildman–Crippen MR) is 118 cm³/mol. The van der Waals surface area contributed by atoms with E-state index in [9.17, 15) is 0 Å². The summed E-state index contributed by atoms with van der Waals surface area (Å²) in [5.41, 5.74) is 4.99. The molecule has 0 aliphatic rings. The molecule has 0 nitrogen and oxygen atoms in total. The third kappa shape index (κ3) is 2.57. The fraction of sp³-hybridized carbons (Fsp3) is 0. The van der Waals surface area contributed by atoms with Crippen LogP contribution in [0.15, 0.2) is 95.5 Å². The van der Waals surface area contributed by atoms with Gasteiger partial charge in [0.15, 0.2) is 0 Å². The number of benzene rings is 4. The Hall–Kier alpha value is -2.42. The van der Waals surface area contributed by atoms with Crippen molar-refractivity contribution >= 4 is 47.4 Å². The van der Waals surface area contributed by atoms with Crippen molar-refractivity contribution in [3.8, 4) is 22.3 Å². The number of rotatable bonds is 2. The molecule has 0 aliphatic heterocycles. The number of hydrogen-bond acceptors (Lipinski definition) is 1. The smallest absolute Gasteiger partial charge is 0.0434 e. The Labute approximate surface area is 164 Å². The van der Waals surface area contributed by atoms with Gasteiger partial charge in [-0.15, -0.1) is 11.3 Å². The van der Waals surface area contributed by atoms with Gasteiger partial charge >= 0.3 is 0 Å². The maximum atomic E-state index is 3.82. The number of fused-ring (bicyclic) bond motifs is 3. The lowest BCUT2D eigenvalue weighted by Gasteiger charge is -2.09. The van der Waals surface area contributed by atoms with Gasteiger partial charge in [0.1, 0.15) is 0 Å². The highest BCUT2D eigenvalue weighted by atomic mass is 79.9. The molecule has 26 heavy (non-hydrogen) atoms. The summed E-state index contributed by atoms with van der Waals surface area (Å²) in [5.74, 6) is 0. The summed E-state index contributed by atoms with van der Waals surface area (Å²) < 4.78 is 3.82. The molecule has 0 bridgehead atoms. The molecular formula is C24H15BrS. The second-order valence-corrected chi connectivity index (χ2v) is 8.25. The molecule has 5 rings (SSSR count). The average Bonchev–Trinajstić information content (AvgIpc) is 3.08. The highest BCUT2D eigenvalue weighted by molar-refractivity contribution is 9.10. The summed E-state index contributed by atoms with van der Waals surface area (Å²) in [6, 6.07) is 32.4. The van der Waals surface area contributed by atoms with Crippen LogP contribution in [0.25, 0.3) is 42.4 Å². The molecule has 0 spiro atoms. The Kier molecular flexibility index (Phi) is 3.88. The highest BCUT2D eigenvalue weighted by Gasteiger charge is 2.12. The van der Waals surface area contributed by atoms with E-state index in [4.69, 9.17) is 0 Å². The minimum atomic E-state index is 1.13. The number of thiophene rings is 1. The van der Waals surface area contributed by atoms with E-state index < -0.39 is 0 Å². The standard InChI is InChI=1S/C24H15BrS/c25-22-15-17(16-7-2-1-3-8-16)13-14-18(22)20-10-6-11-21-19-9-4-5-12-23(19)26-24(20)21/h1-15H. The SMILES string of the molecule is Brc1cc(-c2ccccc2)ccc1-c1cccc2c1sc1ccccc12. The van der Waals surface area contributed by atoms with Gasteiger partial charge in [-0.25, -0.2) is 0 Å². The minimum Gasteiger partial charge on any atom is -0.135 e. The van der Waals surface area contributed by atoms with Crippen molar-refractivity contribution in [3.63, 3.8) is 0 Å². The first-order chi connectivity index (χ1) is 12.8. The van der Waals surface area contributed by atoms with Gasteiger partial charge in [-0.05, 0) is 28.8 Å². The van der Waals surface area contributed by atoms with Crippen LogP contribution < -0.4 is 0 Å². The second kappa shape index (κ2) is 6.39. The van der Waals surface area contributed by atoms with Gasteiger partial charge in [-0.1, -0.05) is 94.8 Å². The molecular weight excluding hydrogens is 400 g/mol. The van der Waals surface area contributed by atoms with Gasteiger partial charge in [-0.3, -0.25) is 0 Å². The zero-order chi connectivity index (χ0) is 17.5. The molecule has 0 radical (unpaired) electrons. The first-order valence-corrected chi connectivity index (χ1v) is 10.2. The monoisotopic (exact) mass is 414 g/mol. The van der Waals surface area contributed by atoms with Crippen molar-refractivity contribution in [1.82, 2.24) is 0 Å². The van der Waals surface area contributed by atoms with E-state index in [2.05, 4.69) is 107 Å². The van der Waals surface area contributed by atoms with Gasteiger partial charge in [0.2, 0.25) is 0 Å². The van der Waals surface area contributed by atoms with Crippen LogP contribution in [0.2, 0.25) is 0 Å². The quantitative estimate of drug-likeness (QED) is 0.273. The summed E-state index contributed by atoms with van der Waals surface area (Å²) in [6.07, 6.45) is 0. The van der Waals surface area contributed by atoms with Crippen molar-refractivity contribution in [1.29, 1.82) is 0 Å². The van der Waals surface area contributed by atoms with Gasteiger partial charge in [0, 0.05) is 30.2 Å². The van der Waals surface area contributed by atoms with E-state index in [1.807, 2.05) is 11.3 Å². The van der Waals surface area contributed by atoms with Crippen LogP contribution in [0, 0.1) is 0 Å². The fourth-order valence-corrected chi connectivity index (χ4v) is 5.33. The zero-order valence-electron chi connectivity index (χ0n) is 13.9. The summed E-state index contributed by atoms with van der Waals surface area (Å²) in [7, 11) is 0. The largest absolute Gasteiger partial charge is 0.135 e. The molecule has 0 atom stereocenters. The topological polar surface area (TPSA) is 0 Å². The summed E-state index contributed by atoms with van der Waals surface area (Å²) >= 11 is 5.69. The molecule has 124 valence electrons. The van der Waals surface area contributed by atoms with Crippen molar-refractivity contribution < 1.29 is 0 Å². The maximum absolute atomic E-state index is 3.82. The molecule has 1 aromatic heterocycles. The zero-order valence-corrected chi connectivity index (χ0v) is 16.3. The van der Waals surface area contributed by atoms with Crippen molar-refractivity contribution in [2.45, 2.75) is 0 Å². The lowest BCUT2D eigenvalue weighted by Crippen LogP contribution is -1.83. The van der Waals surface area contributed by atoms with Gasteiger partial charge in [0.25, 0.3) is 0 Å². The summed E-state index contributed by atoms with van der Waals surface area (Å²) in [6.45, 7) is 0. The first kappa shape index (κ1) is 15.8. The van der Waals surface area contributed by atoms with Crippen LogP contribution in [0.5, 0.6) is 0 Å². The molecule has 0 unspecified atom stereocenters. The third-order valence-corrected chi connectivity index (χ3v) is 6.65. The molecule has 0 saturated heterocycles. The van der Waals surface area contributed by atoms with E-state index >= 15 is 0 Å². The summed E-state index contributed by atoms with van der Waals surface area (Å²) in [4.78, 5) is 0.